The van der Waals surface area contributed by atoms with Crippen LogP contribution in [0.1, 0.15) is 59.9 Å². The van der Waals surface area contributed by atoms with Crippen LogP contribution >= 0.6 is 7.82 Å². The number of carbonyl (C=O) groups is 3. The highest BCUT2D eigenvalue weighted by Crippen LogP contribution is 2.50. The summed E-state index contributed by atoms with van der Waals surface area (Å²) in [5.41, 5.74) is -0.379. The van der Waals surface area contributed by atoms with Gasteiger partial charge in [0.2, 0.25) is 13.6 Å². The quantitative estimate of drug-likeness (QED) is 0.138. The van der Waals surface area contributed by atoms with E-state index in [9.17, 15) is 32.5 Å². The molecule has 0 spiro atoms. The van der Waals surface area contributed by atoms with Crippen molar-refractivity contribution in [2.45, 2.75) is 72.6 Å². The topological polar surface area (TPSA) is 206 Å². The molecule has 2 aliphatic heterocycles. The Bertz CT molecular complexity index is 1490. The summed E-state index contributed by atoms with van der Waals surface area (Å²) in [5, 5.41) is 10.4. The number of aromatic hydroxyl groups is 1. The number of phenols is 1. The first-order valence-electron chi connectivity index (χ1n) is 14.9. The molecule has 1 aromatic carbocycles. The molecule has 1 unspecified atom stereocenters. The summed E-state index contributed by atoms with van der Waals surface area (Å²) in [6, 6.07) is 1.96. The van der Waals surface area contributed by atoms with Gasteiger partial charge >= 0.3 is 30.3 Å². The molecule has 1 atom stereocenters. The predicted molar refractivity (Wildman–Crippen MR) is 166 cm³/mol. The van der Waals surface area contributed by atoms with E-state index >= 15 is 4.39 Å². The predicted octanol–water partition coefficient (Wildman–Crippen LogP) is 4.37. The first-order valence-corrected chi connectivity index (χ1v) is 17.8. The van der Waals surface area contributed by atoms with Gasteiger partial charge in [-0.2, -0.15) is 8.42 Å². The highest BCUT2D eigenvalue weighted by molar-refractivity contribution is 7.92. The zero-order valence-corrected chi connectivity index (χ0v) is 29.1. The Morgan fingerprint density at radius 1 is 1.00 bits per heavy atom. The van der Waals surface area contributed by atoms with Gasteiger partial charge in [-0.05, 0) is 64.2 Å². The van der Waals surface area contributed by atoms with Crippen molar-refractivity contribution in [3.8, 4) is 5.75 Å². The normalized spacial score (nSPS) is 18.0. The lowest BCUT2D eigenvalue weighted by molar-refractivity contribution is -0.117. The van der Waals surface area contributed by atoms with E-state index in [1.165, 1.54) is 6.07 Å². The molecule has 17 nitrogen and oxygen atoms in total. The number of phosphoric ester groups is 1. The molecule has 0 aromatic heterocycles. The van der Waals surface area contributed by atoms with Gasteiger partial charge in [0.15, 0.2) is 5.82 Å². The van der Waals surface area contributed by atoms with Crippen molar-refractivity contribution >= 4 is 47.5 Å². The first-order chi connectivity index (χ1) is 22.4. The van der Waals surface area contributed by atoms with E-state index in [-0.39, 0.29) is 18.0 Å². The van der Waals surface area contributed by atoms with Crippen LogP contribution in [-0.4, -0.2) is 88.3 Å². The molecule has 0 aliphatic carbocycles. The minimum absolute atomic E-state index is 0.0117. The summed E-state index contributed by atoms with van der Waals surface area (Å²) < 4.78 is 91.4. The minimum atomic E-state index is -4.62. The number of nitrogens with one attached hydrogen (secondary N) is 1. The molecule has 20 heteroatoms. The first kappa shape index (κ1) is 39.0. The van der Waals surface area contributed by atoms with Gasteiger partial charge in [-0.3, -0.25) is 14.2 Å². The SMILES string of the molecule is CC(C)CCC1C=C(c2ccc(O)c(N3CC(=O)NS3(=O)=O)c2F)CN1COP(=O)(OCOC(=O)OC(C)C)OCOC(=O)OC(C)C. The van der Waals surface area contributed by atoms with Crippen LogP contribution in [0.3, 0.4) is 0 Å². The third-order valence-electron chi connectivity index (χ3n) is 6.61. The maximum Gasteiger partial charge on any atom is 0.510 e. The molecule has 1 fully saturated rings. The molecule has 1 aromatic rings. The number of halogens is 1. The largest absolute Gasteiger partial charge is 0.510 e. The van der Waals surface area contributed by atoms with Crippen LogP contribution in [-0.2, 0) is 52.1 Å². The highest BCUT2D eigenvalue weighted by Gasteiger charge is 2.39. The molecule has 0 bridgehead atoms. The van der Waals surface area contributed by atoms with Crippen molar-refractivity contribution in [1.82, 2.24) is 9.62 Å². The third-order valence-corrected chi connectivity index (χ3v) is 9.26. The van der Waals surface area contributed by atoms with Crippen LogP contribution < -0.4 is 9.03 Å². The second kappa shape index (κ2) is 16.8. The second-order valence-electron chi connectivity index (χ2n) is 11.6. The van der Waals surface area contributed by atoms with Gasteiger partial charge in [0.25, 0.3) is 5.91 Å². The van der Waals surface area contributed by atoms with E-state index in [1.807, 2.05) is 13.8 Å². The molecule has 3 rings (SSSR count). The standard InChI is InChI=1S/C28H41FN3O14PS/c1-17(2)7-8-21-11-20(22-9-10-23(33)26(25(22)29)32-13-24(34)30-48(32,38)39)12-31(21)14-42-47(37,43-15-40-27(35)45-18(3)4)44-16-41-28(36)46-19(5)6/h9-11,17-19,21,33H,7-8,12-16H2,1-6H3,(H,30,34). The van der Waals surface area contributed by atoms with E-state index in [0.29, 0.717) is 16.3 Å². The van der Waals surface area contributed by atoms with Crippen LogP contribution in [0.2, 0.25) is 0 Å². The van der Waals surface area contributed by atoms with Crippen LogP contribution in [0.25, 0.3) is 5.57 Å². The molecular weight excluding hydrogens is 684 g/mol. The smallest absolute Gasteiger partial charge is 0.506 e. The Morgan fingerprint density at radius 2 is 1.58 bits per heavy atom. The molecular formula is C28H41FN3O14PS. The molecule has 2 aliphatic rings. The molecule has 0 radical (unpaired) electrons. The maximum atomic E-state index is 15.9. The Kier molecular flexibility index (Phi) is 13.6. The fraction of sp³-hybridized carbons (Fsp3) is 0.607. The van der Waals surface area contributed by atoms with Gasteiger partial charge in [0.1, 0.15) is 24.7 Å². The van der Waals surface area contributed by atoms with Gasteiger partial charge in [0, 0.05) is 18.2 Å². The summed E-state index contributed by atoms with van der Waals surface area (Å²) in [7, 11) is -9.05. The van der Waals surface area contributed by atoms with Crippen molar-refractivity contribution in [1.29, 1.82) is 0 Å². The molecule has 1 saturated heterocycles. The van der Waals surface area contributed by atoms with Crippen molar-refractivity contribution in [2.24, 2.45) is 5.92 Å². The number of hydrogen-bond donors (Lipinski definition) is 2. The van der Waals surface area contributed by atoms with Crippen LogP contribution in [0.5, 0.6) is 5.75 Å². The van der Waals surface area contributed by atoms with E-state index in [1.54, 1.807) is 43.4 Å². The second-order valence-corrected chi connectivity index (χ2v) is 14.9. The van der Waals surface area contributed by atoms with Gasteiger partial charge in [-0.25, -0.2) is 36.6 Å². The maximum absolute atomic E-state index is 15.9. The van der Waals surface area contributed by atoms with Crippen LogP contribution in [0.15, 0.2) is 18.2 Å². The molecule has 0 saturated carbocycles. The lowest BCUT2D eigenvalue weighted by Crippen LogP contribution is -2.33. The fourth-order valence-electron chi connectivity index (χ4n) is 4.49. The molecule has 48 heavy (non-hydrogen) atoms. The Labute approximate surface area is 278 Å². The van der Waals surface area contributed by atoms with Crippen molar-refractivity contribution in [3.63, 3.8) is 0 Å². The number of amides is 1. The van der Waals surface area contributed by atoms with Crippen LogP contribution in [0.4, 0.5) is 19.7 Å². The summed E-state index contributed by atoms with van der Waals surface area (Å²) in [6.45, 7) is 7.31. The van der Waals surface area contributed by atoms with Gasteiger partial charge in [-0.1, -0.05) is 19.9 Å². The zero-order valence-electron chi connectivity index (χ0n) is 27.4. The molecule has 2 N–H and O–H groups in total. The van der Waals surface area contributed by atoms with Crippen molar-refractivity contribution < 1.29 is 69.4 Å². The molecule has 270 valence electrons. The number of hydrogen-bond acceptors (Lipinski definition) is 15. The number of phosphoric acid groups is 1. The fourth-order valence-corrected chi connectivity index (χ4v) is 6.53. The van der Waals surface area contributed by atoms with E-state index in [4.69, 9.17) is 32.5 Å². The number of rotatable bonds is 16. The number of carbonyl (C=O) groups excluding carboxylic acids is 3. The third kappa shape index (κ3) is 11.0. The lowest BCUT2D eigenvalue weighted by atomic mass is 10.0. The highest BCUT2D eigenvalue weighted by atomic mass is 32.2. The zero-order chi connectivity index (χ0) is 35.8. The Morgan fingerprint density at radius 3 is 2.08 bits per heavy atom. The van der Waals surface area contributed by atoms with Gasteiger partial charge in [-0.15, -0.1) is 0 Å². The average molecular weight is 726 g/mol. The summed E-state index contributed by atoms with van der Waals surface area (Å²) >= 11 is 0. The number of benzene rings is 1. The van der Waals surface area contributed by atoms with Gasteiger partial charge in [0.05, 0.1) is 12.2 Å². The lowest BCUT2D eigenvalue weighted by Gasteiger charge is -2.27. The Hall–Kier alpha value is -3.48. The van der Waals surface area contributed by atoms with Gasteiger partial charge < -0.3 is 24.1 Å². The summed E-state index contributed by atoms with van der Waals surface area (Å²) in [6.07, 6.45) is -0.280. The molecule has 2 heterocycles. The summed E-state index contributed by atoms with van der Waals surface area (Å²) in [4.78, 5) is 37.0. The van der Waals surface area contributed by atoms with Crippen LogP contribution in [0, 0.1) is 11.7 Å². The number of ether oxygens (including phenoxy) is 4. The Balaban J connectivity index is 1.81. The van der Waals surface area contributed by atoms with Crippen molar-refractivity contribution in [2.75, 3.05) is 37.7 Å². The van der Waals surface area contributed by atoms with E-state index < -0.39 is 98.6 Å². The minimum Gasteiger partial charge on any atom is -0.506 e. The average Bonchev–Trinajstić information content (AvgIpc) is 3.48. The van der Waals surface area contributed by atoms with Crippen molar-refractivity contribution in [3.05, 3.63) is 29.6 Å². The number of anilines is 1. The number of phenolic OH excluding ortho intramolecular Hbond substituents is 1. The van der Waals surface area contributed by atoms with E-state index in [2.05, 4.69) is 0 Å². The summed E-state index contributed by atoms with van der Waals surface area (Å²) in [5.74, 6) is -2.40. The van der Waals surface area contributed by atoms with E-state index in [0.717, 1.165) is 12.5 Å². The molecule has 1 amide bonds. The monoisotopic (exact) mass is 725 g/mol. The number of nitrogens with zero attached hydrogens (tertiary/aromatic N) is 2.